The molecule has 2 saturated heterocycles. The number of rotatable bonds is 3. The van der Waals surface area contributed by atoms with E-state index >= 15 is 0 Å². The molecule has 2 fully saturated rings. The van der Waals surface area contributed by atoms with Crippen LogP contribution in [0.5, 0.6) is 0 Å². The largest absolute Gasteiger partial charge is 0.392 e. The van der Waals surface area contributed by atoms with Crippen LogP contribution in [0.25, 0.3) is 11.0 Å². The molecule has 0 aliphatic carbocycles. The lowest BCUT2D eigenvalue weighted by Gasteiger charge is -2.48. The average Bonchev–Trinajstić information content (AvgIpc) is 3.15. The molecule has 0 unspecified atom stereocenters. The second kappa shape index (κ2) is 8.94. The number of fused-ring (bicyclic) bond motifs is 1. The molecule has 1 aromatic carbocycles. The summed E-state index contributed by atoms with van der Waals surface area (Å²) in [7, 11) is 0. The molecule has 0 saturated carbocycles. The van der Waals surface area contributed by atoms with Crippen molar-refractivity contribution in [3.8, 4) is 0 Å². The predicted molar refractivity (Wildman–Crippen MR) is 121 cm³/mol. The first-order chi connectivity index (χ1) is 14.7. The number of likely N-dealkylation sites (tertiary alicyclic amines) is 1. The van der Waals surface area contributed by atoms with Crippen LogP contribution in [-0.2, 0) is 6.54 Å². The Kier molecular flexibility index (Phi) is 6.27. The molecule has 31 heavy (non-hydrogen) atoms. The lowest BCUT2D eigenvalue weighted by atomic mass is 9.72. The van der Waals surface area contributed by atoms with E-state index in [1.165, 1.54) is 0 Å². The minimum absolute atomic E-state index is 0. The van der Waals surface area contributed by atoms with E-state index in [2.05, 4.69) is 10.3 Å². The zero-order valence-corrected chi connectivity index (χ0v) is 18.2. The summed E-state index contributed by atoms with van der Waals surface area (Å²) in [5, 5.41) is 19.6. The molecule has 0 bridgehead atoms. The summed E-state index contributed by atoms with van der Waals surface area (Å²) in [6, 6.07) is 13.8. The van der Waals surface area contributed by atoms with Crippen molar-refractivity contribution in [2.24, 2.45) is 5.41 Å². The number of halogens is 1. The van der Waals surface area contributed by atoms with E-state index < -0.39 is 0 Å². The van der Waals surface area contributed by atoms with Gasteiger partial charge in [-0.05, 0) is 43.5 Å². The lowest BCUT2D eigenvalue weighted by molar-refractivity contribution is -0.0433. The van der Waals surface area contributed by atoms with Crippen molar-refractivity contribution in [2.45, 2.75) is 31.9 Å². The number of pyridine rings is 1. The molecule has 8 heteroatoms. The summed E-state index contributed by atoms with van der Waals surface area (Å²) >= 11 is 0. The number of aromatic nitrogens is 3. The van der Waals surface area contributed by atoms with Gasteiger partial charge in [0, 0.05) is 31.2 Å². The van der Waals surface area contributed by atoms with Gasteiger partial charge in [-0.1, -0.05) is 30.3 Å². The van der Waals surface area contributed by atoms with E-state index in [9.17, 15) is 9.90 Å². The highest BCUT2D eigenvalue weighted by Gasteiger charge is 2.44. The Balaban J connectivity index is 0.00000231. The Morgan fingerprint density at radius 1 is 1.23 bits per heavy atom. The number of carbonyl (C=O) groups excluding carboxylic acids is 1. The Morgan fingerprint density at radius 2 is 2.06 bits per heavy atom. The van der Waals surface area contributed by atoms with E-state index in [-0.39, 0.29) is 29.8 Å². The zero-order valence-electron chi connectivity index (χ0n) is 17.4. The second-order valence-corrected chi connectivity index (χ2v) is 8.54. The molecular weight excluding hydrogens is 414 g/mol. The highest BCUT2D eigenvalue weighted by Crippen LogP contribution is 2.37. The number of hydrogen-bond acceptors (Lipinski definition) is 5. The number of hydrogen-bond donors (Lipinski definition) is 2. The topological polar surface area (TPSA) is 83.3 Å². The first-order valence-electron chi connectivity index (χ1n) is 10.7. The normalized spacial score (nSPS) is 23.6. The molecule has 0 radical (unpaired) electrons. The van der Waals surface area contributed by atoms with Gasteiger partial charge in [0.15, 0.2) is 11.3 Å². The van der Waals surface area contributed by atoms with Gasteiger partial charge in [-0.3, -0.25) is 4.79 Å². The SMILES string of the molecule is Cl.O=C(c1nn(Cc2ccccc2)c2ncccc12)N1CCC[C@]2(CNCC[C@@H]2O)C1. The van der Waals surface area contributed by atoms with Crippen molar-refractivity contribution < 1.29 is 9.90 Å². The van der Waals surface area contributed by atoms with Gasteiger partial charge in [0.2, 0.25) is 0 Å². The van der Waals surface area contributed by atoms with Gasteiger partial charge < -0.3 is 15.3 Å². The monoisotopic (exact) mass is 441 g/mol. The van der Waals surface area contributed by atoms with Crippen LogP contribution >= 0.6 is 12.4 Å². The maximum Gasteiger partial charge on any atom is 0.275 e. The third-order valence-corrected chi connectivity index (χ3v) is 6.56. The molecule has 2 aromatic heterocycles. The highest BCUT2D eigenvalue weighted by atomic mass is 35.5. The van der Waals surface area contributed by atoms with Crippen molar-refractivity contribution in [1.29, 1.82) is 0 Å². The van der Waals surface area contributed by atoms with Crippen LogP contribution < -0.4 is 5.32 Å². The minimum atomic E-state index is -0.372. The predicted octanol–water partition coefficient (Wildman–Crippen LogP) is 2.48. The van der Waals surface area contributed by atoms with Gasteiger partial charge in [-0.25, -0.2) is 9.67 Å². The van der Waals surface area contributed by atoms with E-state index in [0.717, 1.165) is 48.9 Å². The molecule has 164 valence electrons. The van der Waals surface area contributed by atoms with Crippen LogP contribution in [0.15, 0.2) is 48.7 Å². The number of aliphatic hydroxyl groups is 1. The van der Waals surface area contributed by atoms with Gasteiger partial charge in [0.25, 0.3) is 5.91 Å². The molecule has 2 atom stereocenters. The number of nitrogens with one attached hydrogen (secondary N) is 1. The van der Waals surface area contributed by atoms with Gasteiger partial charge in [-0.2, -0.15) is 5.10 Å². The van der Waals surface area contributed by atoms with Crippen molar-refractivity contribution in [1.82, 2.24) is 25.0 Å². The fraction of sp³-hybridized carbons (Fsp3) is 0.435. The Hall–Kier alpha value is -2.48. The highest BCUT2D eigenvalue weighted by molar-refractivity contribution is 6.04. The average molecular weight is 442 g/mol. The Bertz CT molecular complexity index is 1050. The summed E-state index contributed by atoms with van der Waals surface area (Å²) < 4.78 is 1.81. The quantitative estimate of drug-likeness (QED) is 0.652. The molecule has 1 amide bonds. The van der Waals surface area contributed by atoms with Crippen molar-refractivity contribution in [3.63, 3.8) is 0 Å². The standard InChI is InChI=1S/C23H27N5O2.ClH/c29-19-9-12-24-15-23(19)10-5-13-27(16-23)22(30)20-18-8-4-11-25-21(18)28(26-20)14-17-6-2-1-3-7-17;/h1-4,6-8,11,19,24,29H,5,9-10,12-16H2;1H/t19-,23-;/m0./s1. The van der Waals surface area contributed by atoms with Crippen LogP contribution in [0.2, 0.25) is 0 Å². The second-order valence-electron chi connectivity index (χ2n) is 8.54. The molecule has 7 nitrogen and oxygen atoms in total. The van der Waals surface area contributed by atoms with E-state index in [0.29, 0.717) is 25.3 Å². The molecule has 2 aliphatic rings. The van der Waals surface area contributed by atoms with E-state index in [4.69, 9.17) is 5.10 Å². The smallest absolute Gasteiger partial charge is 0.275 e. The maximum absolute atomic E-state index is 13.5. The summed E-state index contributed by atoms with van der Waals surface area (Å²) in [6.45, 7) is 3.40. The fourth-order valence-electron chi connectivity index (χ4n) is 4.93. The Morgan fingerprint density at radius 3 is 2.87 bits per heavy atom. The first-order valence-corrected chi connectivity index (χ1v) is 10.7. The number of aliphatic hydroxyl groups excluding tert-OH is 1. The van der Waals surface area contributed by atoms with Crippen molar-refractivity contribution >= 4 is 29.3 Å². The van der Waals surface area contributed by atoms with Crippen LogP contribution in [0.4, 0.5) is 0 Å². The summed E-state index contributed by atoms with van der Waals surface area (Å²) in [6.07, 6.45) is 3.94. The van der Waals surface area contributed by atoms with Gasteiger partial charge in [-0.15, -0.1) is 12.4 Å². The van der Waals surface area contributed by atoms with Crippen LogP contribution in [0.1, 0.15) is 35.3 Å². The summed E-state index contributed by atoms with van der Waals surface area (Å²) in [4.78, 5) is 19.9. The molecular formula is C23H28ClN5O2. The van der Waals surface area contributed by atoms with Crippen LogP contribution in [0, 0.1) is 5.41 Å². The third-order valence-electron chi connectivity index (χ3n) is 6.56. The van der Waals surface area contributed by atoms with Crippen LogP contribution in [-0.4, -0.2) is 63.0 Å². The third kappa shape index (κ3) is 4.05. The maximum atomic E-state index is 13.5. The Labute approximate surface area is 187 Å². The van der Waals surface area contributed by atoms with Crippen molar-refractivity contribution in [3.05, 3.63) is 59.9 Å². The van der Waals surface area contributed by atoms with Crippen molar-refractivity contribution in [2.75, 3.05) is 26.2 Å². The van der Waals surface area contributed by atoms with Gasteiger partial charge in [0.1, 0.15) is 0 Å². The first kappa shape index (κ1) is 21.7. The summed E-state index contributed by atoms with van der Waals surface area (Å²) in [5.74, 6) is -0.0725. The van der Waals surface area contributed by atoms with E-state index in [1.54, 1.807) is 6.20 Å². The van der Waals surface area contributed by atoms with Gasteiger partial charge in [0.05, 0.1) is 18.0 Å². The summed E-state index contributed by atoms with van der Waals surface area (Å²) in [5.41, 5.74) is 2.02. The molecule has 4 heterocycles. The number of piperidine rings is 2. The molecule has 2 N–H and O–H groups in total. The van der Waals surface area contributed by atoms with Gasteiger partial charge >= 0.3 is 0 Å². The molecule has 5 rings (SSSR count). The van der Waals surface area contributed by atoms with Crippen LogP contribution in [0.3, 0.4) is 0 Å². The number of amides is 1. The molecule has 3 aromatic rings. The minimum Gasteiger partial charge on any atom is -0.392 e. The number of carbonyl (C=O) groups is 1. The molecule has 2 aliphatic heterocycles. The number of nitrogens with zero attached hydrogens (tertiary/aromatic N) is 4. The zero-order chi connectivity index (χ0) is 20.6. The number of benzene rings is 1. The molecule has 1 spiro atoms. The van der Waals surface area contributed by atoms with E-state index in [1.807, 2.05) is 52.0 Å². The fourth-order valence-corrected chi connectivity index (χ4v) is 4.93. The lowest BCUT2D eigenvalue weighted by Crippen LogP contribution is -2.58.